The van der Waals surface area contributed by atoms with Crippen molar-refractivity contribution in [3.05, 3.63) is 53.4 Å². The first-order valence-corrected chi connectivity index (χ1v) is 8.42. The number of rotatable bonds is 3. The molecule has 2 aromatic heterocycles. The topological polar surface area (TPSA) is 51.1 Å². The van der Waals surface area contributed by atoms with E-state index in [1.165, 1.54) is 22.5 Å². The molecular weight excluding hydrogens is 288 g/mol. The van der Waals surface area contributed by atoms with E-state index in [0.29, 0.717) is 5.92 Å². The second-order valence-corrected chi connectivity index (χ2v) is 6.38. The Morgan fingerprint density at radius 2 is 2.00 bits per heavy atom. The van der Waals surface area contributed by atoms with Crippen LogP contribution in [0.15, 0.2) is 30.9 Å². The van der Waals surface area contributed by atoms with E-state index in [9.17, 15) is 0 Å². The number of aromatic nitrogens is 3. The summed E-state index contributed by atoms with van der Waals surface area (Å²) in [6.45, 7) is 4.75. The van der Waals surface area contributed by atoms with Gasteiger partial charge in [-0.2, -0.15) is 0 Å². The van der Waals surface area contributed by atoms with E-state index >= 15 is 0 Å². The van der Waals surface area contributed by atoms with Crippen molar-refractivity contribution in [3.63, 3.8) is 0 Å². The molecule has 120 valence electrons. The minimum atomic E-state index is 0.457. The Morgan fingerprint density at radius 1 is 1.13 bits per heavy atom. The molecule has 1 fully saturated rings. The molecule has 1 atom stereocenters. The first kappa shape index (κ1) is 14.7. The first-order chi connectivity index (χ1) is 11.4. The highest BCUT2D eigenvalue weighted by atomic mass is 16.5. The van der Waals surface area contributed by atoms with E-state index in [-0.39, 0.29) is 0 Å². The van der Waals surface area contributed by atoms with Crippen molar-refractivity contribution in [3.8, 4) is 0 Å². The van der Waals surface area contributed by atoms with Gasteiger partial charge in [-0.15, -0.1) is 0 Å². The second kappa shape index (κ2) is 6.72. The molecule has 0 unspecified atom stereocenters. The van der Waals surface area contributed by atoms with Gasteiger partial charge in [-0.1, -0.05) is 0 Å². The molecule has 2 aliphatic heterocycles. The van der Waals surface area contributed by atoms with Crippen LogP contribution in [0.25, 0.3) is 0 Å². The maximum Gasteiger partial charge on any atom is 0.115 e. The van der Waals surface area contributed by atoms with Gasteiger partial charge >= 0.3 is 0 Å². The fourth-order valence-electron chi connectivity index (χ4n) is 3.60. The minimum Gasteiger partial charge on any atom is -0.381 e. The van der Waals surface area contributed by atoms with Gasteiger partial charge in [0.1, 0.15) is 6.33 Å². The van der Waals surface area contributed by atoms with Gasteiger partial charge in [-0.25, -0.2) is 9.97 Å². The van der Waals surface area contributed by atoms with Crippen LogP contribution in [0.2, 0.25) is 0 Å². The standard InChI is InChI=1S/C18H22N4O/c1-6-19-7-2-14(1)11-22-8-3-16-17(4-9-22)20-13-21-18(16)15-5-10-23-12-15/h1-2,6-7,13,15H,3-5,8-12H2/t15-/m0/s1. The minimum absolute atomic E-state index is 0.457. The zero-order valence-electron chi connectivity index (χ0n) is 13.3. The van der Waals surface area contributed by atoms with Crippen molar-refractivity contribution < 1.29 is 4.74 Å². The molecule has 0 bridgehead atoms. The summed E-state index contributed by atoms with van der Waals surface area (Å²) in [5.74, 6) is 0.457. The second-order valence-electron chi connectivity index (χ2n) is 6.38. The summed E-state index contributed by atoms with van der Waals surface area (Å²) in [6.07, 6.45) is 8.60. The third-order valence-corrected chi connectivity index (χ3v) is 4.88. The molecule has 0 saturated carbocycles. The maximum atomic E-state index is 5.56. The Balaban J connectivity index is 1.51. The van der Waals surface area contributed by atoms with Gasteiger partial charge in [0.25, 0.3) is 0 Å². The van der Waals surface area contributed by atoms with Crippen molar-refractivity contribution in [1.29, 1.82) is 0 Å². The third-order valence-electron chi connectivity index (χ3n) is 4.88. The average molecular weight is 310 g/mol. The highest BCUT2D eigenvalue weighted by molar-refractivity contribution is 5.30. The van der Waals surface area contributed by atoms with Gasteiger partial charge < -0.3 is 4.74 Å². The molecular formula is C18H22N4O. The molecule has 2 aliphatic rings. The molecule has 2 aromatic rings. The molecule has 0 radical (unpaired) electrons. The molecule has 0 spiro atoms. The summed E-state index contributed by atoms with van der Waals surface area (Å²) in [4.78, 5) is 15.8. The summed E-state index contributed by atoms with van der Waals surface area (Å²) < 4.78 is 5.56. The Hall–Kier alpha value is -1.85. The van der Waals surface area contributed by atoms with Gasteiger partial charge in [0.2, 0.25) is 0 Å². The Labute approximate surface area is 136 Å². The number of hydrogen-bond acceptors (Lipinski definition) is 5. The lowest BCUT2D eigenvalue weighted by Gasteiger charge is -2.19. The molecule has 5 nitrogen and oxygen atoms in total. The van der Waals surface area contributed by atoms with Crippen LogP contribution in [-0.2, 0) is 24.1 Å². The predicted molar refractivity (Wildman–Crippen MR) is 87.1 cm³/mol. The lowest BCUT2D eigenvalue weighted by atomic mass is 9.96. The van der Waals surface area contributed by atoms with Gasteiger partial charge in [-0.05, 0) is 36.1 Å². The summed E-state index contributed by atoms with van der Waals surface area (Å²) >= 11 is 0. The Morgan fingerprint density at radius 3 is 2.83 bits per heavy atom. The van der Waals surface area contributed by atoms with Crippen LogP contribution in [0.5, 0.6) is 0 Å². The molecule has 4 rings (SSSR count). The first-order valence-electron chi connectivity index (χ1n) is 8.42. The molecule has 0 amide bonds. The van der Waals surface area contributed by atoms with Crippen molar-refractivity contribution in [2.45, 2.75) is 31.7 Å². The number of nitrogens with zero attached hydrogens (tertiary/aromatic N) is 4. The maximum absolute atomic E-state index is 5.56. The van der Waals surface area contributed by atoms with Gasteiger partial charge in [-0.3, -0.25) is 9.88 Å². The average Bonchev–Trinajstić information content (AvgIpc) is 3.05. The highest BCUT2D eigenvalue weighted by Crippen LogP contribution is 2.29. The number of ether oxygens (including phenoxy) is 1. The van der Waals surface area contributed by atoms with E-state index in [4.69, 9.17) is 4.74 Å². The fraction of sp³-hybridized carbons (Fsp3) is 0.500. The molecule has 4 heterocycles. The van der Waals surface area contributed by atoms with E-state index < -0.39 is 0 Å². The van der Waals surface area contributed by atoms with Crippen LogP contribution in [-0.4, -0.2) is 46.2 Å². The quantitative estimate of drug-likeness (QED) is 0.867. The zero-order valence-corrected chi connectivity index (χ0v) is 13.3. The van der Waals surface area contributed by atoms with Gasteiger partial charge in [0.05, 0.1) is 12.3 Å². The number of pyridine rings is 1. The van der Waals surface area contributed by atoms with Crippen LogP contribution in [0.3, 0.4) is 0 Å². The monoisotopic (exact) mass is 310 g/mol. The summed E-state index contributed by atoms with van der Waals surface area (Å²) in [5, 5.41) is 0. The Kier molecular flexibility index (Phi) is 4.30. The van der Waals surface area contributed by atoms with Crippen LogP contribution >= 0.6 is 0 Å². The summed E-state index contributed by atoms with van der Waals surface area (Å²) in [5.41, 5.74) is 5.17. The molecule has 0 aromatic carbocycles. The zero-order chi connectivity index (χ0) is 15.5. The van der Waals surface area contributed by atoms with Crippen molar-refractivity contribution in [2.75, 3.05) is 26.3 Å². The smallest absolute Gasteiger partial charge is 0.115 e. The highest BCUT2D eigenvalue weighted by Gasteiger charge is 2.25. The Bertz CT molecular complexity index is 655. The van der Waals surface area contributed by atoms with E-state index in [1.54, 1.807) is 6.33 Å². The largest absolute Gasteiger partial charge is 0.381 e. The van der Waals surface area contributed by atoms with Crippen LogP contribution in [0.4, 0.5) is 0 Å². The van der Waals surface area contributed by atoms with E-state index in [0.717, 1.165) is 52.1 Å². The van der Waals surface area contributed by atoms with E-state index in [1.807, 2.05) is 12.4 Å². The summed E-state index contributed by atoms with van der Waals surface area (Å²) in [7, 11) is 0. The fourth-order valence-corrected chi connectivity index (χ4v) is 3.60. The summed E-state index contributed by atoms with van der Waals surface area (Å²) in [6, 6.07) is 4.19. The normalized spacial score (nSPS) is 21.8. The molecule has 0 N–H and O–H groups in total. The number of fused-ring (bicyclic) bond motifs is 1. The third kappa shape index (κ3) is 3.26. The van der Waals surface area contributed by atoms with Crippen molar-refractivity contribution in [1.82, 2.24) is 19.9 Å². The van der Waals surface area contributed by atoms with Gasteiger partial charge in [0.15, 0.2) is 0 Å². The van der Waals surface area contributed by atoms with Crippen LogP contribution in [0.1, 0.15) is 34.9 Å². The van der Waals surface area contributed by atoms with Crippen LogP contribution < -0.4 is 0 Å². The molecule has 5 heteroatoms. The van der Waals surface area contributed by atoms with Crippen molar-refractivity contribution >= 4 is 0 Å². The van der Waals surface area contributed by atoms with Crippen LogP contribution in [0, 0.1) is 0 Å². The van der Waals surface area contributed by atoms with E-state index in [2.05, 4.69) is 32.0 Å². The predicted octanol–water partition coefficient (Wildman–Crippen LogP) is 1.98. The van der Waals surface area contributed by atoms with Crippen molar-refractivity contribution in [2.24, 2.45) is 0 Å². The lowest BCUT2D eigenvalue weighted by Crippen LogP contribution is -2.26. The molecule has 1 saturated heterocycles. The SMILES string of the molecule is c1cc(CN2CCc3ncnc([C@H]4CCOC4)c3CC2)ccn1. The molecule has 0 aliphatic carbocycles. The number of hydrogen-bond donors (Lipinski definition) is 0. The lowest BCUT2D eigenvalue weighted by molar-refractivity contribution is 0.193. The van der Waals surface area contributed by atoms with Gasteiger partial charge in [0, 0.05) is 56.7 Å². The molecule has 23 heavy (non-hydrogen) atoms.